The summed E-state index contributed by atoms with van der Waals surface area (Å²) in [5, 5.41) is 8.66. The molecule has 0 spiro atoms. The lowest BCUT2D eigenvalue weighted by Gasteiger charge is -2.22. The van der Waals surface area contributed by atoms with Crippen molar-refractivity contribution >= 4 is 35.3 Å². The van der Waals surface area contributed by atoms with E-state index in [0.717, 1.165) is 12.1 Å². The molecule has 0 saturated heterocycles. The van der Waals surface area contributed by atoms with Gasteiger partial charge in [0.15, 0.2) is 0 Å². The molecule has 176 valence electrons. The predicted molar refractivity (Wildman–Crippen MR) is 107 cm³/mol. The van der Waals surface area contributed by atoms with Crippen LogP contribution in [0.3, 0.4) is 0 Å². The molecule has 1 atom stereocenters. The lowest BCUT2D eigenvalue weighted by atomic mass is 9.88. The number of nitrogens with zero attached hydrogens (tertiary/aromatic N) is 1. The highest BCUT2D eigenvalue weighted by Gasteiger charge is 2.57. The van der Waals surface area contributed by atoms with Crippen molar-refractivity contribution < 1.29 is 46.5 Å². The number of aliphatic carboxylic acids is 1. The molecule has 2 amide bonds. The second-order valence-corrected chi connectivity index (χ2v) is 7.42. The summed E-state index contributed by atoms with van der Waals surface area (Å²) >= 11 is 5.95. The SMILES string of the molecule is COc1ccc(Cl)cc1C1(F)C(=O)N(C(=O)OCCCC(=O)O)c2cc(C(F)(F)F)ccc21. The van der Waals surface area contributed by atoms with Gasteiger partial charge >= 0.3 is 18.2 Å². The van der Waals surface area contributed by atoms with Crippen LogP contribution in [0, 0.1) is 0 Å². The van der Waals surface area contributed by atoms with E-state index in [1.807, 2.05) is 0 Å². The zero-order valence-electron chi connectivity index (χ0n) is 16.9. The van der Waals surface area contributed by atoms with Crippen molar-refractivity contribution in [1.82, 2.24) is 0 Å². The highest BCUT2D eigenvalue weighted by Crippen LogP contribution is 2.51. The maximum Gasteiger partial charge on any atom is 0.421 e. The van der Waals surface area contributed by atoms with Gasteiger partial charge in [-0.1, -0.05) is 17.7 Å². The molecule has 1 N–H and O–H groups in total. The van der Waals surface area contributed by atoms with Crippen LogP contribution in [0.15, 0.2) is 36.4 Å². The second-order valence-electron chi connectivity index (χ2n) is 6.98. The average molecular weight is 490 g/mol. The van der Waals surface area contributed by atoms with Crippen molar-refractivity contribution in [2.45, 2.75) is 24.7 Å². The Morgan fingerprint density at radius 1 is 1.15 bits per heavy atom. The van der Waals surface area contributed by atoms with E-state index in [-0.39, 0.29) is 28.5 Å². The number of imide groups is 1. The Bertz CT molecular complexity index is 1120. The molecule has 3 rings (SSSR count). The normalized spacial score (nSPS) is 17.6. The van der Waals surface area contributed by atoms with Gasteiger partial charge in [-0.15, -0.1) is 0 Å². The Morgan fingerprint density at radius 3 is 2.45 bits per heavy atom. The fourth-order valence-corrected chi connectivity index (χ4v) is 3.57. The molecular formula is C21H16ClF4NO6. The number of carbonyl (C=O) groups is 3. The van der Waals surface area contributed by atoms with Gasteiger partial charge in [0.2, 0.25) is 5.67 Å². The Kier molecular flexibility index (Phi) is 6.55. The van der Waals surface area contributed by atoms with E-state index in [1.54, 1.807) is 0 Å². The van der Waals surface area contributed by atoms with Gasteiger partial charge in [-0.2, -0.15) is 13.2 Å². The number of alkyl halides is 4. The summed E-state index contributed by atoms with van der Waals surface area (Å²) in [5.74, 6) is -2.82. The van der Waals surface area contributed by atoms with Gasteiger partial charge in [0.25, 0.3) is 5.91 Å². The minimum atomic E-state index is -4.84. The Morgan fingerprint density at radius 2 is 1.85 bits per heavy atom. The van der Waals surface area contributed by atoms with Crippen LogP contribution in [0.5, 0.6) is 5.75 Å². The summed E-state index contributed by atoms with van der Waals surface area (Å²) < 4.78 is 66.3. The Hall–Kier alpha value is -3.34. The Labute approximate surface area is 189 Å². The number of carbonyl (C=O) groups excluding carboxylic acids is 2. The van der Waals surface area contributed by atoms with Gasteiger partial charge in [0.1, 0.15) is 5.75 Å². The van der Waals surface area contributed by atoms with Crippen LogP contribution in [0.4, 0.5) is 28.0 Å². The summed E-state index contributed by atoms with van der Waals surface area (Å²) in [7, 11) is 1.19. The van der Waals surface area contributed by atoms with Crippen molar-refractivity contribution in [3.63, 3.8) is 0 Å². The summed E-state index contributed by atoms with van der Waals surface area (Å²) in [4.78, 5) is 36.5. The number of fused-ring (bicyclic) bond motifs is 1. The molecule has 0 saturated carbocycles. The van der Waals surface area contributed by atoms with Gasteiger partial charge in [-0.25, -0.2) is 14.1 Å². The first-order valence-corrected chi connectivity index (χ1v) is 9.76. The zero-order chi connectivity index (χ0) is 24.6. The summed E-state index contributed by atoms with van der Waals surface area (Å²) in [6, 6.07) is 5.50. The van der Waals surface area contributed by atoms with Crippen molar-refractivity contribution in [2.24, 2.45) is 0 Å². The summed E-state index contributed by atoms with van der Waals surface area (Å²) in [6.45, 7) is -0.455. The molecule has 0 aromatic heterocycles. The van der Waals surface area contributed by atoms with E-state index in [0.29, 0.717) is 12.1 Å². The van der Waals surface area contributed by atoms with Crippen LogP contribution in [0.2, 0.25) is 5.02 Å². The third-order valence-corrected chi connectivity index (χ3v) is 5.15. The lowest BCUT2D eigenvalue weighted by molar-refractivity contribution is -0.138. The van der Waals surface area contributed by atoms with Crippen molar-refractivity contribution in [3.05, 3.63) is 58.1 Å². The van der Waals surface area contributed by atoms with Crippen molar-refractivity contribution in [3.8, 4) is 5.75 Å². The fraction of sp³-hybridized carbons (Fsp3) is 0.286. The van der Waals surface area contributed by atoms with Gasteiger partial charge in [0, 0.05) is 22.6 Å². The molecule has 0 aliphatic carbocycles. The zero-order valence-corrected chi connectivity index (χ0v) is 17.7. The van der Waals surface area contributed by atoms with E-state index in [4.69, 9.17) is 26.2 Å². The van der Waals surface area contributed by atoms with Gasteiger partial charge in [-0.05, 0) is 36.8 Å². The van der Waals surface area contributed by atoms with Crippen LogP contribution in [-0.4, -0.2) is 36.8 Å². The summed E-state index contributed by atoms with van der Waals surface area (Å²) in [5.41, 5.74) is -5.95. The minimum absolute atomic E-state index is 0.0128. The van der Waals surface area contributed by atoms with Gasteiger partial charge in [0.05, 0.1) is 25.0 Å². The fourth-order valence-electron chi connectivity index (χ4n) is 3.40. The van der Waals surface area contributed by atoms with E-state index >= 15 is 4.39 Å². The minimum Gasteiger partial charge on any atom is -0.496 e. The van der Waals surface area contributed by atoms with Crippen LogP contribution < -0.4 is 9.64 Å². The molecule has 1 aliphatic rings. The predicted octanol–water partition coefficient (Wildman–Crippen LogP) is 4.93. The summed E-state index contributed by atoms with van der Waals surface area (Å²) in [6.07, 6.45) is -6.78. The third-order valence-electron chi connectivity index (χ3n) is 4.91. The largest absolute Gasteiger partial charge is 0.496 e. The van der Waals surface area contributed by atoms with E-state index in [2.05, 4.69) is 0 Å². The highest BCUT2D eigenvalue weighted by molar-refractivity contribution is 6.31. The van der Waals surface area contributed by atoms with E-state index < -0.39 is 58.8 Å². The number of carboxylic acids is 1. The molecule has 7 nitrogen and oxygen atoms in total. The first kappa shape index (κ1) is 24.3. The number of carboxylic acid groups (broad SMARTS) is 1. The first-order chi connectivity index (χ1) is 15.4. The lowest BCUT2D eigenvalue weighted by Crippen LogP contribution is -2.42. The number of ether oxygens (including phenoxy) is 2. The number of rotatable bonds is 6. The molecule has 33 heavy (non-hydrogen) atoms. The molecule has 1 heterocycles. The maximum absolute atomic E-state index is 16.5. The van der Waals surface area contributed by atoms with E-state index in [9.17, 15) is 27.6 Å². The maximum atomic E-state index is 16.5. The quantitative estimate of drug-likeness (QED) is 0.457. The topological polar surface area (TPSA) is 93.1 Å². The first-order valence-electron chi connectivity index (χ1n) is 9.39. The molecule has 1 aliphatic heterocycles. The van der Waals surface area contributed by atoms with Crippen LogP contribution in [0.25, 0.3) is 0 Å². The number of anilines is 1. The smallest absolute Gasteiger partial charge is 0.421 e. The van der Waals surface area contributed by atoms with E-state index in [1.165, 1.54) is 19.2 Å². The Balaban J connectivity index is 2.12. The number of benzene rings is 2. The molecule has 0 radical (unpaired) electrons. The standard InChI is InChI=1S/C21H16ClF4NO6/c1-32-16-7-5-12(22)10-14(16)20(23)13-6-4-11(21(24,25)26)9-15(13)27(18(20)30)19(31)33-8-2-3-17(28)29/h4-7,9-10H,2-3,8H2,1H3,(H,28,29). The molecule has 12 heteroatoms. The molecule has 2 aromatic rings. The molecular weight excluding hydrogens is 474 g/mol. The monoisotopic (exact) mass is 489 g/mol. The van der Waals surface area contributed by atoms with Crippen LogP contribution in [-0.2, 0) is 26.2 Å². The van der Waals surface area contributed by atoms with Crippen molar-refractivity contribution in [2.75, 3.05) is 18.6 Å². The molecule has 2 aromatic carbocycles. The van der Waals surface area contributed by atoms with Crippen LogP contribution in [0.1, 0.15) is 29.5 Å². The number of hydrogen-bond donors (Lipinski definition) is 1. The average Bonchev–Trinajstić information content (AvgIpc) is 2.97. The number of amides is 2. The van der Waals surface area contributed by atoms with Gasteiger partial charge < -0.3 is 14.6 Å². The number of halogens is 5. The van der Waals surface area contributed by atoms with Gasteiger partial charge in [-0.3, -0.25) is 9.59 Å². The number of hydrogen-bond acceptors (Lipinski definition) is 5. The molecule has 1 unspecified atom stereocenters. The number of methoxy groups -OCH3 is 1. The molecule has 0 fully saturated rings. The van der Waals surface area contributed by atoms with Crippen molar-refractivity contribution in [1.29, 1.82) is 0 Å². The highest BCUT2D eigenvalue weighted by atomic mass is 35.5. The van der Waals surface area contributed by atoms with Crippen LogP contribution >= 0.6 is 11.6 Å². The second kappa shape index (κ2) is 8.89. The third kappa shape index (κ3) is 4.45. The molecule has 0 bridgehead atoms.